The molecule has 0 spiro atoms. The number of aromatic carboxylic acids is 1. The zero-order chi connectivity index (χ0) is 21.1. The minimum absolute atomic E-state index is 0.118. The zero-order valence-corrected chi connectivity index (χ0v) is 15.7. The van der Waals surface area contributed by atoms with E-state index in [-0.39, 0.29) is 16.5 Å². The van der Waals surface area contributed by atoms with Crippen molar-refractivity contribution in [1.82, 2.24) is 15.1 Å². The molecule has 0 atom stereocenters. The van der Waals surface area contributed by atoms with Crippen LogP contribution in [0.4, 0.5) is 10.5 Å². The minimum Gasteiger partial charge on any atom is -0.476 e. The van der Waals surface area contributed by atoms with Crippen molar-refractivity contribution in [3.63, 3.8) is 0 Å². The molecule has 0 saturated heterocycles. The topological polar surface area (TPSA) is 130 Å². The molecule has 0 fully saturated rings. The summed E-state index contributed by atoms with van der Waals surface area (Å²) >= 11 is 0. The number of carboxylic acid groups (broad SMARTS) is 1. The second kappa shape index (κ2) is 7.93. The number of nitrogens with one attached hydrogen (secondary N) is 2. The molecular weight excluding hydrogens is 376 g/mol. The van der Waals surface area contributed by atoms with Crippen LogP contribution in [0.5, 0.6) is 0 Å². The van der Waals surface area contributed by atoms with E-state index in [1.54, 1.807) is 18.2 Å². The number of carboxylic acids is 1. The quantitative estimate of drug-likeness (QED) is 0.621. The fourth-order valence-corrected chi connectivity index (χ4v) is 2.91. The maximum Gasteiger partial charge on any atom is 0.357 e. The van der Waals surface area contributed by atoms with Gasteiger partial charge in [0.05, 0.1) is 5.39 Å². The van der Waals surface area contributed by atoms with Crippen molar-refractivity contribution in [2.24, 2.45) is 0 Å². The Morgan fingerprint density at radius 1 is 1.07 bits per heavy atom. The first-order chi connectivity index (χ1) is 13.8. The molecule has 0 aliphatic rings. The SMILES string of the molecule is Cc1ccc(NC(=O)NC(=O)Cn2nc(C(=O)O)c3ccccc3c2=O)c(C)c1. The number of rotatable bonds is 4. The van der Waals surface area contributed by atoms with E-state index in [0.29, 0.717) is 5.69 Å². The number of hydrogen-bond acceptors (Lipinski definition) is 5. The molecule has 3 aromatic rings. The largest absolute Gasteiger partial charge is 0.476 e. The fraction of sp³-hybridized carbons (Fsp3) is 0.150. The van der Waals surface area contributed by atoms with Gasteiger partial charge in [0.1, 0.15) is 6.54 Å². The average molecular weight is 394 g/mol. The van der Waals surface area contributed by atoms with Crippen molar-refractivity contribution in [1.29, 1.82) is 0 Å². The molecule has 0 bridgehead atoms. The van der Waals surface area contributed by atoms with Crippen molar-refractivity contribution >= 4 is 34.4 Å². The molecule has 0 unspecified atom stereocenters. The van der Waals surface area contributed by atoms with Crippen LogP contribution in [0.3, 0.4) is 0 Å². The normalized spacial score (nSPS) is 10.6. The lowest BCUT2D eigenvalue weighted by Gasteiger charge is -2.11. The Hall–Kier alpha value is -4.01. The first-order valence-electron chi connectivity index (χ1n) is 8.67. The highest BCUT2D eigenvalue weighted by atomic mass is 16.4. The predicted octanol–water partition coefficient (Wildman–Crippen LogP) is 2.06. The number of urea groups is 1. The lowest BCUT2D eigenvalue weighted by molar-refractivity contribution is -0.120. The number of aromatic nitrogens is 2. The van der Waals surface area contributed by atoms with Crippen molar-refractivity contribution in [2.75, 3.05) is 5.32 Å². The zero-order valence-electron chi connectivity index (χ0n) is 15.7. The van der Waals surface area contributed by atoms with Gasteiger partial charge in [-0.05, 0) is 31.5 Å². The summed E-state index contributed by atoms with van der Waals surface area (Å²) in [6, 6.07) is 10.7. The summed E-state index contributed by atoms with van der Waals surface area (Å²) in [7, 11) is 0. The lowest BCUT2D eigenvalue weighted by atomic mass is 10.1. The predicted molar refractivity (Wildman–Crippen MR) is 106 cm³/mol. The molecule has 29 heavy (non-hydrogen) atoms. The van der Waals surface area contributed by atoms with E-state index in [4.69, 9.17) is 0 Å². The Bertz CT molecular complexity index is 1200. The van der Waals surface area contributed by atoms with Gasteiger partial charge in [-0.15, -0.1) is 0 Å². The van der Waals surface area contributed by atoms with Crippen LogP contribution in [0.2, 0.25) is 0 Å². The van der Waals surface area contributed by atoms with Crippen LogP contribution >= 0.6 is 0 Å². The Labute approximate surface area is 165 Å². The summed E-state index contributed by atoms with van der Waals surface area (Å²) in [4.78, 5) is 48.3. The smallest absolute Gasteiger partial charge is 0.357 e. The summed E-state index contributed by atoms with van der Waals surface area (Å²) in [5.74, 6) is -2.14. The molecule has 1 aromatic heterocycles. The molecule has 3 rings (SSSR count). The van der Waals surface area contributed by atoms with Crippen LogP contribution in [0, 0.1) is 13.8 Å². The summed E-state index contributed by atoms with van der Waals surface area (Å²) in [5, 5.41) is 18.1. The number of imide groups is 1. The molecule has 0 radical (unpaired) electrons. The molecule has 9 nitrogen and oxygen atoms in total. The number of hydrogen-bond donors (Lipinski definition) is 3. The van der Waals surface area contributed by atoms with Crippen molar-refractivity contribution < 1.29 is 19.5 Å². The highest BCUT2D eigenvalue weighted by Crippen LogP contribution is 2.16. The number of nitrogens with zero attached hydrogens (tertiary/aromatic N) is 2. The highest BCUT2D eigenvalue weighted by molar-refractivity contribution is 6.02. The Kier molecular flexibility index (Phi) is 5.40. The molecule has 148 valence electrons. The second-order valence-electron chi connectivity index (χ2n) is 6.48. The Balaban J connectivity index is 1.79. The first-order valence-corrected chi connectivity index (χ1v) is 8.67. The third kappa shape index (κ3) is 4.29. The van der Waals surface area contributed by atoms with E-state index in [1.165, 1.54) is 12.1 Å². The Morgan fingerprint density at radius 2 is 1.76 bits per heavy atom. The van der Waals surface area contributed by atoms with Gasteiger partial charge in [0, 0.05) is 11.1 Å². The monoisotopic (exact) mass is 394 g/mol. The molecule has 3 amide bonds. The number of carbonyl (C=O) groups excluding carboxylic acids is 2. The molecule has 9 heteroatoms. The van der Waals surface area contributed by atoms with Gasteiger partial charge in [0.15, 0.2) is 5.69 Å². The van der Waals surface area contributed by atoms with Crippen LogP contribution < -0.4 is 16.2 Å². The van der Waals surface area contributed by atoms with Crippen LogP contribution in [0.1, 0.15) is 21.6 Å². The van der Waals surface area contributed by atoms with E-state index in [9.17, 15) is 24.3 Å². The standard InChI is InChI=1S/C20H18N4O5/c1-11-7-8-15(12(2)9-11)21-20(29)22-16(25)10-24-18(26)14-6-4-3-5-13(14)17(23-24)19(27)28/h3-9H,10H2,1-2H3,(H,27,28)(H2,21,22,25,29). The maximum absolute atomic E-state index is 12.5. The minimum atomic E-state index is -1.33. The summed E-state index contributed by atoms with van der Waals surface area (Å²) in [6.45, 7) is 3.13. The van der Waals surface area contributed by atoms with Crippen molar-refractivity contribution in [3.05, 3.63) is 69.6 Å². The molecule has 0 aliphatic carbocycles. The van der Waals surface area contributed by atoms with E-state index in [0.717, 1.165) is 15.8 Å². The van der Waals surface area contributed by atoms with Gasteiger partial charge in [0.2, 0.25) is 5.91 Å². The third-order valence-electron chi connectivity index (χ3n) is 4.25. The number of benzene rings is 2. The third-order valence-corrected chi connectivity index (χ3v) is 4.25. The van der Waals surface area contributed by atoms with Crippen LogP contribution in [0.15, 0.2) is 47.3 Å². The number of aryl methyl sites for hydroxylation is 2. The highest BCUT2D eigenvalue weighted by Gasteiger charge is 2.18. The summed E-state index contributed by atoms with van der Waals surface area (Å²) in [6.07, 6.45) is 0. The molecule has 1 heterocycles. The molecular formula is C20H18N4O5. The van der Waals surface area contributed by atoms with Gasteiger partial charge in [-0.3, -0.25) is 14.9 Å². The lowest BCUT2D eigenvalue weighted by Crippen LogP contribution is -2.39. The van der Waals surface area contributed by atoms with E-state index < -0.39 is 30.0 Å². The summed E-state index contributed by atoms with van der Waals surface area (Å²) in [5.41, 5.74) is 1.41. The van der Waals surface area contributed by atoms with Gasteiger partial charge in [-0.2, -0.15) is 5.10 Å². The van der Waals surface area contributed by atoms with Gasteiger partial charge in [0.25, 0.3) is 5.56 Å². The number of anilines is 1. The fourth-order valence-electron chi connectivity index (χ4n) is 2.91. The van der Waals surface area contributed by atoms with Gasteiger partial charge < -0.3 is 10.4 Å². The van der Waals surface area contributed by atoms with E-state index in [1.807, 2.05) is 26.0 Å². The van der Waals surface area contributed by atoms with Gasteiger partial charge >= 0.3 is 12.0 Å². The Morgan fingerprint density at radius 3 is 2.41 bits per heavy atom. The first kappa shape index (κ1) is 19.7. The van der Waals surface area contributed by atoms with E-state index >= 15 is 0 Å². The number of amides is 3. The molecule has 0 aliphatic heterocycles. The summed E-state index contributed by atoms with van der Waals surface area (Å²) < 4.78 is 0.728. The maximum atomic E-state index is 12.5. The van der Waals surface area contributed by atoms with E-state index in [2.05, 4.69) is 15.7 Å². The van der Waals surface area contributed by atoms with Crippen LogP contribution in [0.25, 0.3) is 10.8 Å². The molecule has 3 N–H and O–H groups in total. The van der Waals surface area contributed by atoms with Crippen molar-refractivity contribution in [3.8, 4) is 0 Å². The second-order valence-corrected chi connectivity index (χ2v) is 6.48. The van der Waals surface area contributed by atoms with Gasteiger partial charge in [-0.25, -0.2) is 14.3 Å². The average Bonchev–Trinajstić information content (AvgIpc) is 2.66. The van der Waals surface area contributed by atoms with Crippen molar-refractivity contribution in [2.45, 2.75) is 20.4 Å². The van der Waals surface area contributed by atoms with Gasteiger partial charge in [-0.1, -0.05) is 35.9 Å². The van der Waals surface area contributed by atoms with Crippen LogP contribution in [-0.4, -0.2) is 32.8 Å². The number of fused-ring (bicyclic) bond motifs is 1. The molecule has 2 aromatic carbocycles. The number of carbonyl (C=O) groups is 3. The molecule has 0 saturated carbocycles. The van der Waals surface area contributed by atoms with Crippen LogP contribution in [-0.2, 0) is 11.3 Å².